The van der Waals surface area contributed by atoms with E-state index in [0.717, 1.165) is 5.56 Å². The number of rotatable bonds is 3. The molecule has 2 rings (SSSR count). The number of aromatic nitrogens is 1. The van der Waals surface area contributed by atoms with Crippen LogP contribution in [-0.2, 0) is 11.2 Å². The van der Waals surface area contributed by atoms with Crippen molar-refractivity contribution in [3.8, 4) is 11.9 Å². The van der Waals surface area contributed by atoms with Crippen molar-refractivity contribution in [1.29, 1.82) is 5.26 Å². The quantitative estimate of drug-likeness (QED) is 0.706. The maximum Gasteiger partial charge on any atom is 0.410 e. The second-order valence-electron chi connectivity index (χ2n) is 7.34. The Bertz CT molecular complexity index is 671. The molecule has 0 aliphatic carbocycles. The van der Waals surface area contributed by atoms with Crippen molar-refractivity contribution >= 4 is 22.0 Å². The molecule has 136 valence electrons. The van der Waals surface area contributed by atoms with E-state index in [1.54, 1.807) is 18.1 Å². The third-order valence-corrected chi connectivity index (χ3v) is 4.93. The Morgan fingerprint density at radius 3 is 2.52 bits per heavy atom. The van der Waals surface area contributed by atoms with Crippen molar-refractivity contribution in [2.24, 2.45) is 5.41 Å². The number of hydrogen-bond donors (Lipinski definition) is 0. The predicted molar refractivity (Wildman–Crippen MR) is 97.3 cm³/mol. The number of ether oxygens (including phenoxy) is 2. The van der Waals surface area contributed by atoms with Gasteiger partial charge in [0.1, 0.15) is 10.2 Å². The number of piperidine rings is 1. The average Bonchev–Trinajstić information content (AvgIpc) is 2.55. The first kappa shape index (κ1) is 19.5. The van der Waals surface area contributed by atoms with Crippen molar-refractivity contribution in [1.82, 2.24) is 9.88 Å². The molecule has 2 heterocycles. The summed E-state index contributed by atoms with van der Waals surface area (Å²) in [5.41, 5.74) is -0.0503. The number of carbonyl (C=O) groups is 1. The molecule has 1 fully saturated rings. The van der Waals surface area contributed by atoms with Crippen LogP contribution in [-0.4, -0.2) is 41.8 Å². The van der Waals surface area contributed by atoms with Crippen LogP contribution in [0.25, 0.3) is 0 Å². The minimum atomic E-state index is -0.513. The number of hydrogen-bond acceptors (Lipinski definition) is 5. The summed E-state index contributed by atoms with van der Waals surface area (Å²) in [6.07, 6.45) is 1.50. The summed E-state index contributed by atoms with van der Waals surface area (Å²) in [6, 6.07) is 6.19. The molecule has 0 radical (unpaired) electrons. The summed E-state index contributed by atoms with van der Waals surface area (Å²) >= 11 is 3.45. The van der Waals surface area contributed by atoms with Gasteiger partial charge in [-0.15, -0.1) is 0 Å². The van der Waals surface area contributed by atoms with Crippen LogP contribution in [0.1, 0.15) is 39.2 Å². The van der Waals surface area contributed by atoms with E-state index in [4.69, 9.17) is 9.47 Å². The number of carbonyl (C=O) groups excluding carboxylic acids is 1. The Labute approximate surface area is 157 Å². The first-order chi connectivity index (χ1) is 11.7. The first-order valence-corrected chi connectivity index (χ1v) is 9.06. The Balaban J connectivity index is 2.04. The van der Waals surface area contributed by atoms with Crippen LogP contribution < -0.4 is 4.74 Å². The fourth-order valence-electron chi connectivity index (χ4n) is 2.83. The van der Waals surface area contributed by atoms with Gasteiger partial charge in [0.2, 0.25) is 5.88 Å². The molecule has 0 saturated carbocycles. The van der Waals surface area contributed by atoms with Gasteiger partial charge in [-0.25, -0.2) is 9.78 Å². The van der Waals surface area contributed by atoms with E-state index in [0.29, 0.717) is 42.8 Å². The van der Waals surface area contributed by atoms with Gasteiger partial charge in [-0.3, -0.25) is 0 Å². The predicted octanol–water partition coefficient (Wildman–Crippen LogP) is 3.94. The third-order valence-electron chi connectivity index (χ3n) is 4.25. The molecule has 1 aliphatic heterocycles. The molecule has 0 aromatic carbocycles. The van der Waals surface area contributed by atoms with Crippen molar-refractivity contribution in [3.05, 3.63) is 22.3 Å². The molecule has 6 nitrogen and oxygen atoms in total. The standard InChI is InChI=1S/C18H24BrN3O3/c1-17(2,3)25-16(23)22-9-7-18(12-20,8-10-22)11-13-5-6-14(24-4)21-15(13)19/h5-6H,7-11H2,1-4H3. The second kappa shape index (κ2) is 7.61. The van der Waals surface area contributed by atoms with E-state index in [1.165, 1.54) is 0 Å². The highest BCUT2D eigenvalue weighted by molar-refractivity contribution is 9.10. The van der Waals surface area contributed by atoms with Crippen molar-refractivity contribution in [2.45, 2.75) is 45.6 Å². The summed E-state index contributed by atoms with van der Waals surface area (Å²) in [5, 5.41) is 9.76. The number of nitrogens with zero attached hydrogens (tertiary/aromatic N) is 3. The van der Waals surface area contributed by atoms with Gasteiger partial charge >= 0.3 is 6.09 Å². The van der Waals surface area contributed by atoms with Gasteiger partial charge in [0, 0.05) is 19.2 Å². The van der Waals surface area contributed by atoms with Gasteiger partial charge in [-0.2, -0.15) is 5.26 Å². The molecule has 1 aliphatic rings. The molecule has 0 spiro atoms. The number of amides is 1. The van der Waals surface area contributed by atoms with E-state index < -0.39 is 11.0 Å². The third kappa shape index (κ3) is 5.08. The molecular weight excluding hydrogens is 386 g/mol. The Kier molecular flexibility index (Phi) is 5.94. The van der Waals surface area contributed by atoms with Crippen LogP contribution in [0.5, 0.6) is 5.88 Å². The molecule has 1 aromatic heterocycles. The van der Waals surface area contributed by atoms with Crippen LogP contribution in [0.2, 0.25) is 0 Å². The maximum atomic E-state index is 12.2. The summed E-state index contributed by atoms with van der Waals surface area (Å²) in [5.74, 6) is 0.529. The lowest BCUT2D eigenvalue weighted by Crippen LogP contribution is -2.45. The molecule has 0 atom stereocenters. The van der Waals surface area contributed by atoms with Crippen LogP contribution in [0, 0.1) is 16.7 Å². The zero-order valence-corrected chi connectivity index (χ0v) is 16.7. The van der Waals surface area contributed by atoms with Crippen molar-refractivity contribution in [2.75, 3.05) is 20.2 Å². The van der Waals surface area contributed by atoms with E-state index in [-0.39, 0.29) is 6.09 Å². The van der Waals surface area contributed by atoms with Gasteiger partial charge in [0.25, 0.3) is 0 Å². The summed E-state index contributed by atoms with van der Waals surface area (Å²) in [6.45, 7) is 6.58. The average molecular weight is 410 g/mol. The lowest BCUT2D eigenvalue weighted by atomic mass is 9.75. The van der Waals surface area contributed by atoms with E-state index >= 15 is 0 Å². The molecule has 7 heteroatoms. The highest BCUT2D eigenvalue weighted by Crippen LogP contribution is 2.36. The van der Waals surface area contributed by atoms with E-state index in [1.807, 2.05) is 26.8 Å². The Morgan fingerprint density at radius 1 is 1.40 bits per heavy atom. The zero-order chi connectivity index (χ0) is 18.7. The highest BCUT2D eigenvalue weighted by atomic mass is 79.9. The Morgan fingerprint density at radius 2 is 2.04 bits per heavy atom. The number of halogens is 1. The summed E-state index contributed by atoms with van der Waals surface area (Å²) < 4.78 is 11.2. The molecule has 0 unspecified atom stereocenters. The lowest BCUT2D eigenvalue weighted by molar-refractivity contribution is 0.0148. The van der Waals surface area contributed by atoms with Crippen LogP contribution >= 0.6 is 15.9 Å². The molecular formula is C18H24BrN3O3. The monoisotopic (exact) mass is 409 g/mol. The summed E-state index contributed by atoms with van der Waals surface area (Å²) in [4.78, 5) is 18.2. The SMILES string of the molecule is COc1ccc(CC2(C#N)CCN(C(=O)OC(C)(C)C)CC2)c(Br)n1. The van der Waals surface area contributed by atoms with E-state index in [9.17, 15) is 10.1 Å². The van der Waals surface area contributed by atoms with Crippen molar-refractivity contribution < 1.29 is 14.3 Å². The smallest absolute Gasteiger partial charge is 0.410 e. The van der Waals surface area contributed by atoms with Gasteiger partial charge in [-0.05, 0) is 61.5 Å². The number of pyridine rings is 1. The minimum Gasteiger partial charge on any atom is -0.481 e. The van der Waals surface area contributed by atoms with Crippen LogP contribution in [0.4, 0.5) is 4.79 Å². The molecule has 0 N–H and O–H groups in total. The van der Waals surface area contributed by atoms with Gasteiger partial charge in [0.15, 0.2) is 0 Å². The maximum absolute atomic E-state index is 12.2. The first-order valence-electron chi connectivity index (χ1n) is 8.27. The Hall–Kier alpha value is -1.81. The summed E-state index contributed by atoms with van der Waals surface area (Å²) in [7, 11) is 1.57. The molecule has 1 amide bonds. The lowest BCUT2D eigenvalue weighted by Gasteiger charge is -2.38. The fraction of sp³-hybridized carbons (Fsp3) is 0.611. The highest BCUT2D eigenvalue weighted by Gasteiger charge is 2.38. The zero-order valence-electron chi connectivity index (χ0n) is 15.1. The normalized spacial score (nSPS) is 16.9. The van der Waals surface area contributed by atoms with Crippen molar-refractivity contribution in [3.63, 3.8) is 0 Å². The van der Waals surface area contributed by atoms with Crippen LogP contribution in [0.3, 0.4) is 0 Å². The molecule has 25 heavy (non-hydrogen) atoms. The van der Waals surface area contributed by atoms with Crippen LogP contribution in [0.15, 0.2) is 16.7 Å². The topological polar surface area (TPSA) is 75.5 Å². The fourth-order valence-corrected chi connectivity index (χ4v) is 3.28. The minimum absolute atomic E-state index is 0.314. The largest absolute Gasteiger partial charge is 0.481 e. The molecule has 1 aromatic rings. The number of nitriles is 1. The second-order valence-corrected chi connectivity index (χ2v) is 8.09. The molecule has 0 bridgehead atoms. The number of likely N-dealkylation sites (tertiary alicyclic amines) is 1. The van der Waals surface area contributed by atoms with Gasteiger partial charge in [-0.1, -0.05) is 6.07 Å². The van der Waals surface area contributed by atoms with E-state index in [2.05, 4.69) is 27.0 Å². The van der Waals surface area contributed by atoms with Gasteiger partial charge in [0.05, 0.1) is 18.6 Å². The van der Waals surface area contributed by atoms with Gasteiger partial charge < -0.3 is 14.4 Å². The number of methoxy groups -OCH3 is 1. The molecule has 1 saturated heterocycles.